The van der Waals surface area contributed by atoms with Gasteiger partial charge >= 0.3 is 0 Å². The van der Waals surface area contributed by atoms with Gasteiger partial charge in [0.1, 0.15) is 23.0 Å². The summed E-state index contributed by atoms with van der Waals surface area (Å²) in [6, 6.07) is 5.67. The smallest absolute Gasteiger partial charge is 0.228 e. The van der Waals surface area contributed by atoms with Crippen LogP contribution < -0.4 is 15.4 Å². The van der Waals surface area contributed by atoms with Crippen molar-refractivity contribution in [2.24, 2.45) is 5.92 Å². The highest BCUT2D eigenvalue weighted by molar-refractivity contribution is 6.03. The Balaban J connectivity index is 1.64. The molecule has 0 aliphatic heterocycles. The second kappa shape index (κ2) is 6.73. The Morgan fingerprint density at radius 3 is 2.79 bits per heavy atom. The van der Waals surface area contributed by atoms with Gasteiger partial charge in [-0.1, -0.05) is 0 Å². The van der Waals surface area contributed by atoms with E-state index in [4.69, 9.17) is 9.72 Å². The van der Waals surface area contributed by atoms with Crippen molar-refractivity contribution < 1.29 is 9.53 Å². The average Bonchev–Trinajstić information content (AvgIpc) is 3.51. The maximum absolute atomic E-state index is 12.2. The van der Waals surface area contributed by atoms with Crippen LogP contribution in [0.15, 0.2) is 43.0 Å². The number of carbonyl (C=O) groups is 1. The first-order valence-corrected chi connectivity index (χ1v) is 9.47. The molecule has 0 aromatic carbocycles. The molecular weight excluding hydrogens is 368 g/mol. The lowest BCUT2D eigenvalue weighted by atomic mass is 10.1. The molecule has 8 nitrogen and oxygen atoms in total. The number of ether oxygens (including phenoxy) is 1. The van der Waals surface area contributed by atoms with Crippen molar-refractivity contribution in [3.05, 3.63) is 43.0 Å². The number of nitrogens with zero attached hydrogens (tertiary/aromatic N) is 4. The first kappa shape index (κ1) is 17.4. The highest BCUT2D eigenvalue weighted by atomic mass is 16.5. The predicted octanol–water partition coefficient (Wildman–Crippen LogP) is 3.34. The standard InChI is InChI=1S/C21H20N6O2/c1-22-20-16-9-23-18(26-21(28)12-3-4-12)7-14(16)15(8-24-20)17-11-27-10-13(29-2)5-6-19(27)25-17/h5-12H,3-4H2,1-2H3,(H,22,24)(H,23,26,28). The lowest BCUT2D eigenvalue weighted by Crippen LogP contribution is -2.14. The number of methoxy groups -OCH3 is 1. The normalized spacial score (nSPS) is 13.6. The zero-order valence-electron chi connectivity index (χ0n) is 16.1. The maximum Gasteiger partial charge on any atom is 0.228 e. The number of amides is 1. The van der Waals surface area contributed by atoms with Crippen LogP contribution in [0.3, 0.4) is 0 Å². The fraction of sp³-hybridized carbons (Fsp3) is 0.238. The summed E-state index contributed by atoms with van der Waals surface area (Å²) in [5.41, 5.74) is 2.46. The molecule has 4 aromatic heterocycles. The number of hydrogen-bond donors (Lipinski definition) is 2. The highest BCUT2D eigenvalue weighted by Crippen LogP contribution is 2.34. The number of nitrogens with one attached hydrogen (secondary N) is 2. The number of anilines is 2. The van der Waals surface area contributed by atoms with Gasteiger partial charge in [-0.3, -0.25) is 4.79 Å². The summed E-state index contributed by atoms with van der Waals surface area (Å²) in [4.78, 5) is 25.8. The molecule has 4 heterocycles. The Hall–Kier alpha value is -3.68. The summed E-state index contributed by atoms with van der Waals surface area (Å²) in [6.45, 7) is 0. The molecule has 1 fully saturated rings. The van der Waals surface area contributed by atoms with Crippen LogP contribution in [-0.2, 0) is 4.79 Å². The summed E-state index contributed by atoms with van der Waals surface area (Å²) in [5.74, 6) is 2.16. The Kier molecular flexibility index (Phi) is 4.04. The molecule has 146 valence electrons. The molecule has 8 heteroatoms. The van der Waals surface area contributed by atoms with E-state index in [1.807, 2.05) is 42.0 Å². The summed E-state index contributed by atoms with van der Waals surface area (Å²) >= 11 is 0. The second-order valence-electron chi connectivity index (χ2n) is 7.11. The molecule has 0 radical (unpaired) electrons. The van der Waals surface area contributed by atoms with E-state index < -0.39 is 0 Å². The fourth-order valence-electron chi connectivity index (χ4n) is 3.40. The minimum Gasteiger partial charge on any atom is -0.495 e. The largest absolute Gasteiger partial charge is 0.495 e. The van der Waals surface area contributed by atoms with Crippen molar-refractivity contribution in [3.8, 4) is 17.0 Å². The number of imidazole rings is 1. The number of fused-ring (bicyclic) bond motifs is 2. The van der Waals surface area contributed by atoms with Crippen molar-refractivity contribution in [1.29, 1.82) is 0 Å². The molecule has 5 rings (SSSR count). The first-order valence-electron chi connectivity index (χ1n) is 9.47. The summed E-state index contributed by atoms with van der Waals surface area (Å²) < 4.78 is 7.22. The first-order chi connectivity index (χ1) is 14.2. The highest BCUT2D eigenvalue weighted by Gasteiger charge is 2.29. The molecular formula is C21H20N6O2. The SMILES string of the molecule is CNc1ncc(-c2cn3cc(OC)ccc3n2)c2cc(NC(=O)C3CC3)ncc12. The number of rotatable bonds is 5. The minimum atomic E-state index is 0.0288. The van der Waals surface area contributed by atoms with Gasteiger partial charge in [0.2, 0.25) is 5.91 Å². The second-order valence-corrected chi connectivity index (χ2v) is 7.11. The number of hydrogen-bond acceptors (Lipinski definition) is 6. The zero-order valence-corrected chi connectivity index (χ0v) is 16.1. The number of aromatic nitrogens is 4. The predicted molar refractivity (Wildman–Crippen MR) is 111 cm³/mol. The lowest BCUT2D eigenvalue weighted by molar-refractivity contribution is -0.117. The van der Waals surface area contributed by atoms with E-state index in [1.54, 1.807) is 19.5 Å². The Morgan fingerprint density at radius 1 is 1.17 bits per heavy atom. The molecule has 0 saturated heterocycles. The van der Waals surface area contributed by atoms with E-state index >= 15 is 0 Å². The molecule has 1 aliphatic rings. The van der Waals surface area contributed by atoms with E-state index in [0.717, 1.165) is 52.1 Å². The molecule has 1 aliphatic carbocycles. The lowest BCUT2D eigenvalue weighted by Gasteiger charge is -2.10. The van der Waals surface area contributed by atoms with Gasteiger partial charge in [0.05, 0.1) is 19.0 Å². The Labute approximate surface area is 167 Å². The van der Waals surface area contributed by atoms with Crippen molar-refractivity contribution >= 4 is 34.0 Å². The van der Waals surface area contributed by atoms with E-state index in [-0.39, 0.29) is 11.8 Å². The van der Waals surface area contributed by atoms with Crippen LogP contribution in [0.4, 0.5) is 11.6 Å². The van der Waals surface area contributed by atoms with Crippen molar-refractivity contribution in [3.63, 3.8) is 0 Å². The average molecular weight is 388 g/mol. The van der Waals surface area contributed by atoms with E-state index in [2.05, 4.69) is 20.6 Å². The molecule has 4 aromatic rings. The number of carbonyl (C=O) groups excluding carboxylic acids is 1. The van der Waals surface area contributed by atoms with Crippen LogP contribution in [0.2, 0.25) is 0 Å². The van der Waals surface area contributed by atoms with E-state index in [1.165, 1.54) is 0 Å². The third-order valence-corrected chi connectivity index (χ3v) is 5.14. The van der Waals surface area contributed by atoms with E-state index in [9.17, 15) is 4.79 Å². The van der Waals surface area contributed by atoms with Crippen LogP contribution >= 0.6 is 0 Å². The molecule has 2 N–H and O–H groups in total. The van der Waals surface area contributed by atoms with Crippen molar-refractivity contribution in [2.75, 3.05) is 24.8 Å². The fourth-order valence-corrected chi connectivity index (χ4v) is 3.40. The van der Waals surface area contributed by atoms with Crippen molar-refractivity contribution in [2.45, 2.75) is 12.8 Å². The van der Waals surface area contributed by atoms with Gasteiger partial charge in [0.15, 0.2) is 0 Å². The minimum absolute atomic E-state index is 0.0288. The maximum atomic E-state index is 12.2. The zero-order chi connectivity index (χ0) is 20.0. The third kappa shape index (κ3) is 3.12. The quantitative estimate of drug-likeness (QED) is 0.545. The topological polar surface area (TPSA) is 93.4 Å². The van der Waals surface area contributed by atoms with Gasteiger partial charge in [-0.15, -0.1) is 0 Å². The molecule has 0 spiro atoms. The van der Waals surface area contributed by atoms with E-state index in [0.29, 0.717) is 5.82 Å². The summed E-state index contributed by atoms with van der Waals surface area (Å²) in [7, 11) is 3.46. The number of pyridine rings is 3. The monoisotopic (exact) mass is 388 g/mol. The molecule has 1 saturated carbocycles. The van der Waals surface area contributed by atoms with Crippen LogP contribution in [-0.4, -0.2) is 39.4 Å². The van der Waals surface area contributed by atoms with Gasteiger partial charge in [-0.2, -0.15) is 0 Å². The van der Waals surface area contributed by atoms with Gasteiger partial charge in [-0.05, 0) is 31.0 Å². The molecule has 0 bridgehead atoms. The molecule has 1 amide bonds. The van der Waals surface area contributed by atoms with Crippen LogP contribution in [0.1, 0.15) is 12.8 Å². The van der Waals surface area contributed by atoms with Crippen LogP contribution in [0, 0.1) is 5.92 Å². The molecule has 0 unspecified atom stereocenters. The van der Waals surface area contributed by atoms with Gasteiger partial charge in [-0.25, -0.2) is 15.0 Å². The Morgan fingerprint density at radius 2 is 2.03 bits per heavy atom. The van der Waals surface area contributed by atoms with Gasteiger partial charge in [0.25, 0.3) is 0 Å². The van der Waals surface area contributed by atoms with Gasteiger partial charge < -0.3 is 19.8 Å². The van der Waals surface area contributed by atoms with Gasteiger partial charge in [0, 0.05) is 47.9 Å². The summed E-state index contributed by atoms with van der Waals surface area (Å²) in [5, 5.41) is 7.80. The summed E-state index contributed by atoms with van der Waals surface area (Å²) in [6.07, 6.45) is 9.24. The van der Waals surface area contributed by atoms with Crippen LogP contribution in [0.25, 0.3) is 27.7 Å². The molecule has 0 atom stereocenters. The van der Waals surface area contributed by atoms with Crippen LogP contribution in [0.5, 0.6) is 5.75 Å². The van der Waals surface area contributed by atoms with Crippen molar-refractivity contribution in [1.82, 2.24) is 19.4 Å². The Bertz CT molecular complexity index is 1240. The molecule has 29 heavy (non-hydrogen) atoms. The third-order valence-electron chi connectivity index (χ3n) is 5.14.